The number of carbonyl (C=O) groups is 2. The maximum Gasteiger partial charge on any atom is 0.336 e. The lowest BCUT2D eigenvalue weighted by Gasteiger charge is -2.10. The first kappa shape index (κ1) is 15.0. The molecule has 110 valence electrons. The normalized spacial score (nSPS) is 10.6. The van der Waals surface area contributed by atoms with Gasteiger partial charge < -0.3 is 9.15 Å². The van der Waals surface area contributed by atoms with E-state index in [4.69, 9.17) is 9.15 Å². The molecule has 0 N–H and O–H groups in total. The van der Waals surface area contributed by atoms with Crippen molar-refractivity contribution in [3.63, 3.8) is 0 Å². The largest absolute Gasteiger partial charge is 0.426 e. The summed E-state index contributed by atoms with van der Waals surface area (Å²) in [6, 6.07) is 4.59. The predicted octanol–water partition coefficient (Wildman–Crippen LogP) is 3.01. The summed E-state index contributed by atoms with van der Waals surface area (Å²) in [5, 5.41) is 0.648. The molecular weight excluding hydrogens is 272 g/mol. The van der Waals surface area contributed by atoms with E-state index in [1.54, 1.807) is 19.1 Å². The Balaban J connectivity index is 2.67. The average Bonchev–Trinajstić information content (AvgIpc) is 2.37. The fraction of sp³-hybridized carbons (Fsp3) is 0.312. The van der Waals surface area contributed by atoms with Crippen molar-refractivity contribution >= 4 is 22.7 Å². The monoisotopic (exact) mass is 288 g/mol. The number of carbonyl (C=O) groups excluding carboxylic acids is 2. The van der Waals surface area contributed by atoms with Crippen LogP contribution in [-0.4, -0.2) is 11.8 Å². The van der Waals surface area contributed by atoms with Gasteiger partial charge in [-0.25, -0.2) is 4.79 Å². The SMILES string of the molecule is CCCC(=O)Oc1ccc2c(C)cc(=O)oc2c1C(C)=O. The Kier molecular flexibility index (Phi) is 4.21. The van der Waals surface area contributed by atoms with Gasteiger partial charge in [0, 0.05) is 17.9 Å². The number of hydrogen-bond acceptors (Lipinski definition) is 5. The Hall–Kier alpha value is -2.43. The molecule has 0 aliphatic rings. The Bertz CT molecular complexity index is 770. The molecule has 1 heterocycles. The first-order valence-corrected chi connectivity index (χ1v) is 6.73. The van der Waals surface area contributed by atoms with Gasteiger partial charge in [0.15, 0.2) is 11.4 Å². The van der Waals surface area contributed by atoms with E-state index in [9.17, 15) is 14.4 Å². The predicted molar refractivity (Wildman–Crippen MR) is 77.8 cm³/mol. The number of ketones is 1. The topological polar surface area (TPSA) is 73.6 Å². The third kappa shape index (κ3) is 3.02. The quantitative estimate of drug-likeness (QED) is 0.374. The number of ether oxygens (including phenoxy) is 1. The van der Waals surface area contributed by atoms with Gasteiger partial charge in [0.25, 0.3) is 0 Å². The molecule has 0 radical (unpaired) electrons. The summed E-state index contributed by atoms with van der Waals surface area (Å²) in [7, 11) is 0. The maximum atomic E-state index is 11.9. The summed E-state index contributed by atoms with van der Waals surface area (Å²) in [6.07, 6.45) is 0.906. The van der Waals surface area contributed by atoms with Crippen LogP contribution >= 0.6 is 0 Å². The number of rotatable bonds is 4. The van der Waals surface area contributed by atoms with Crippen molar-refractivity contribution in [3.05, 3.63) is 39.7 Å². The van der Waals surface area contributed by atoms with Gasteiger partial charge in [-0.3, -0.25) is 9.59 Å². The zero-order valence-corrected chi connectivity index (χ0v) is 12.2. The molecule has 0 amide bonds. The number of aryl methyl sites for hydroxylation is 1. The molecule has 0 saturated carbocycles. The number of esters is 1. The Morgan fingerprint density at radius 3 is 2.62 bits per heavy atom. The van der Waals surface area contributed by atoms with E-state index in [1.165, 1.54) is 13.0 Å². The standard InChI is InChI=1S/C16H16O5/c1-4-5-13(18)20-12-7-6-11-9(2)8-14(19)21-16(11)15(12)10(3)17/h6-8H,4-5H2,1-3H3. The van der Waals surface area contributed by atoms with Crippen molar-refractivity contribution in [1.82, 2.24) is 0 Å². The van der Waals surface area contributed by atoms with Crippen molar-refractivity contribution in [2.75, 3.05) is 0 Å². The smallest absolute Gasteiger partial charge is 0.336 e. The molecular formula is C16H16O5. The van der Waals surface area contributed by atoms with Gasteiger partial charge in [-0.15, -0.1) is 0 Å². The van der Waals surface area contributed by atoms with E-state index >= 15 is 0 Å². The highest BCUT2D eigenvalue weighted by Crippen LogP contribution is 2.29. The first-order chi connectivity index (χ1) is 9.93. The maximum absolute atomic E-state index is 11.9. The fourth-order valence-corrected chi connectivity index (χ4v) is 2.16. The third-order valence-electron chi connectivity index (χ3n) is 3.11. The van der Waals surface area contributed by atoms with Crippen LogP contribution in [0.25, 0.3) is 11.0 Å². The van der Waals surface area contributed by atoms with Gasteiger partial charge >= 0.3 is 11.6 Å². The van der Waals surface area contributed by atoms with Crippen LogP contribution in [0.4, 0.5) is 0 Å². The molecule has 21 heavy (non-hydrogen) atoms. The molecule has 0 atom stereocenters. The molecule has 0 saturated heterocycles. The molecule has 0 aliphatic heterocycles. The average molecular weight is 288 g/mol. The van der Waals surface area contributed by atoms with Crippen molar-refractivity contribution in [3.8, 4) is 5.75 Å². The van der Waals surface area contributed by atoms with E-state index in [-0.39, 0.29) is 29.1 Å². The Morgan fingerprint density at radius 1 is 1.29 bits per heavy atom. The van der Waals surface area contributed by atoms with Crippen molar-refractivity contribution < 1.29 is 18.7 Å². The second kappa shape index (κ2) is 5.91. The van der Waals surface area contributed by atoms with Gasteiger partial charge in [-0.1, -0.05) is 6.92 Å². The summed E-state index contributed by atoms with van der Waals surface area (Å²) in [6.45, 7) is 4.95. The highest BCUT2D eigenvalue weighted by molar-refractivity contribution is 6.08. The molecule has 1 aromatic carbocycles. The van der Waals surface area contributed by atoms with Crippen molar-refractivity contribution in [1.29, 1.82) is 0 Å². The van der Waals surface area contributed by atoms with Crippen LogP contribution in [0.15, 0.2) is 27.4 Å². The summed E-state index contributed by atoms with van der Waals surface area (Å²) in [5.41, 5.74) is 0.446. The second-order valence-electron chi connectivity index (χ2n) is 4.84. The van der Waals surface area contributed by atoms with Gasteiger partial charge in [0.05, 0.1) is 0 Å². The lowest BCUT2D eigenvalue weighted by Crippen LogP contribution is -2.11. The van der Waals surface area contributed by atoms with Crippen LogP contribution < -0.4 is 10.4 Å². The molecule has 1 aromatic heterocycles. The van der Waals surface area contributed by atoms with Crippen LogP contribution in [0, 0.1) is 6.92 Å². The van der Waals surface area contributed by atoms with Crippen molar-refractivity contribution in [2.24, 2.45) is 0 Å². The molecule has 0 aliphatic carbocycles. The molecule has 2 rings (SSSR count). The summed E-state index contributed by atoms with van der Waals surface area (Å²) in [5.74, 6) is -0.620. The number of hydrogen-bond donors (Lipinski definition) is 0. The van der Waals surface area contributed by atoms with Gasteiger partial charge in [0.2, 0.25) is 0 Å². The van der Waals surface area contributed by atoms with E-state index in [2.05, 4.69) is 0 Å². The minimum atomic E-state index is -0.542. The van der Waals surface area contributed by atoms with E-state index in [0.717, 1.165) is 0 Å². The highest BCUT2D eigenvalue weighted by atomic mass is 16.5. The zero-order chi connectivity index (χ0) is 15.6. The van der Waals surface area contributed by atoms with Crippen LogP contribution in [0.3, 0.4) is 0 Å². The minimum Gasteiger partial charge on any atom is -0.426 e. The van der Waals surface area contributed by atoms with Crippen LogP contribution in [-0.2, 0) is 4.79 Å². The molecule has 5 heteroatoms. The molecule has 0 spiro atoms. The summed E-state index contributed by atoms with van der Waals surface area (Å²) in [4.78, 5) is 35.0. The lowest BCUT2D eigenvalue weighted by molar-refractivity contribution is -0.134. The number of fused-ring (bicyclic) bond motifs is 1. The minimum absolute atomic E-state index is 0.123. The van der Waals surface area contributed by atoms with Crippen LogP contribution in [0.5, 0.6) is 5.75 Å². The lowest BCUT2D eigenvalue weighted by atomic mass is 10.0. The third-order valence-corrected chi connectivity index (χ3v) is 3.11. The Morgan fingerprint density at radius 2 is 2.00 bits per heavy atom. The van der Waals surface area contributed by atoms with Gasteiger partial charge in [-0.2, -0.15) is 0 Å². The summed E-state index contributed by atoms with van der Waals surface area (Å²) >= 11 is 0. The number of benzene rings is 1. The van der Waals surface area contributed by atoms with Crippen LogP contribution in [0.1, 0.15) is 42.6 Å². The molecule has 2 aromatic rings. The molecule has 0 unspecified atom stereocenters. The summed E-state index contributed by atoms with van der Waals surface area (Å²) < 4.78 is 10.4. The number of Topliss-reactive ketones (excluding diaryl/α,β-unsaturated/α-hetero) is 1. The molecule has 5 nitrogen and oxygen atoms in total. The Labute approximate surface area is 121 Å². The highest BCUT2D eigenvalue weighted by Gasteiger charge is 2.19. The van der Waals surface area contributed by atoms with Gasteiger partial charge in [0.1, 0.15) is 11.3 Å². The zero-order valence-electron chi connectivity index (χ0n) is 12.2. The van der Waals surface area contributed by atoms with Crippen LogP contribution in [0.2, 0.25) is 0 Å². The molecule has 0 bridgehead atoms. The van der Waals surface area contributed by atoms with E-state index < -0.39 is 11.6 Å². The second-order valence-corrected chi connectivity index (χ2v) is 4.84. The first-order valence-electron chi connectivity index (χ1n) is 6.73. The van der Waals surface area contributed by atoms with Gasteiger partial charge in [-0.05, 0) is 38.0 Å². The fourth-order valence-electron chi connectivity index (χ4n) is 2.16. The van der Waals surface area contributed by atoms with E-state index in [1.807, 2.05) is 6.92 Å². The van der Waals surface area contributed by atoms with E-state index in [0.29, 0.717) is 17.4 Å². The van der Waals surface area contributed by atoms with Crippen molar-refractivity contribution in [2.45, 2.75) is 33.6 Å². The molecule has 0 fully saturated rings.